The molecule has 1 rings (SSSR count). The Morgan fingerprint density at radius 1 is 1.27 bits per heavy atom. The Balaban J connectivity index is 2.50. The minimum atomic E-state index is 0.935. The van der Waals surface area contributed by atoms with Crippen LogP contribution < -0.4 is 0 Å². The molecule has 0 saturated carbocycles. The molecule has 0 saturated heterocycles. The fourth-order valence-electron chi connectivity index (χ4n) is 1.14. The van der Waals surface area contributed by atoms with Crippen LogP contribution in [0.5, 0.6) is 0 Å². The van der Waals surface area contributed by atoms with Crippen LogP contribution in [-0.2, 0) is 4.74 Å². The summed E-state index contributed by atoms with van der Waals surface area (Å²) in [5.41, 5.74) is 1.37. The summed E-state index contributed by atoms with van der Waals surface area (Å²) in [6.45, 7) is 0. The van der Waals surface area contributed by atoms with Gasteiger partial charge in [-0.25, -0.2) is 0 Å². The second-order valence-electron chi connectivity index (χ2n) is 2.87. The average Bonchev–Trinajstić information content (AvgIpc) is 2.05. The summed E-state index contributed by atoms with van der Waals surface area (Å²) < 4.78 is 5.12. The molecule has 1 aliphatic carbocycles. The van der Waals surface area contributed by atoms with Gasteiger partial charge in [-0.05, 0) is 6.08 Å². The van der Waals surface area contributed by atoms with Gasteiger partial charge < -0.3 is 9.64 Å². The van der Waals surface area contributed by atoms with E-state index in [-0.39, 0.29) is 0 Å². The zero-order valence-electron chi connectivity index (χ0n) is 7.42. The van der Waals surface area contributed by atoms with Gasteiger partial charge in [0.2, 0.25) is 0 Å². The molecule has 0 atom stereocenters. The van der Waals surface area contributed by atoms with E-state index < -0.39 is 0 Å². The molecule has 62 valence electrons. The average molecular weight is 153 g/mol. The molecule has 0 aromatic rings. The molecule has 0 spiro atoms. The second-order valence-corrected chi connectivity index (χ2v) is 2.87. The third kappa shape index (κ3) is 2.00. The third-order valence-corrected chi connectivity index (χ3v) is 1.91. The molecule has 0 heterocycles. The SMILES string of the molecule is COC1=CCC(N(C)C)=CC1. The van der Waals surface area contributed by atoms with Crippen LogP contribution in [0.15, 0.2) is 23.6 Å². The summed E-state index contributed by atoms with van der Waals surface area (Å²) >= 11 is 0. The van der Waals surface area contributed by atoms with Gasteiger partial charge in [-0.15, -0.1) is 0 Å². The van der Waals surface area contributed by atoms with Crippen LogP contribution in [-0.4, -0.2) is 26.1 Å². The van der Waals surface area contributed by atoms with Crippen LogP contribution in [0, 0.1) is 0 Å². The topological polar surface area (TPSA) is 12.5 Å². The normalized spacial score (nSPS) is 17.0. The van der Waals surface area contributed by atoms with Gasteiger partial charge in [-0.1, -0.05) is 6.08 Å². The highest BCUT2D eigenvalue weighted by Gasteiger charge is 2.05. The van der Waals surface area contributed by atoms with E-state index in [0.717, 1.165) is 18.6 Å². The molecule has 0 aromatic heterocycles. The Morgan fingerprint density at radius 2 is 2.00 bits per heavy atom. The largest absolute Gasteiger partial charge is 0.501 e. The smallest absolute Gasteiger partial charge is 0.0957 e. The molecule has 2 nitrogen and oxygen atoms in total. The number of hydrogen-bond acceptors (Lipinski definition) is 2. The van der Waals surface area contributed by atoms with Crippen molar-refractivity contribution in [3.8, 4) is 0 Å². The number of hydrogen-bond donors (Lipinski definition) is 0. The predicted octanol–water partition coefficient (Wildman–Crippen LogP) is 1.76. The summed E-state index contributed by atoms with van der Waals surface area (Å²) in [6, 6.07) is 0. The summed E-state index contributed by atoms with van der Waals surface area (Å²) in [4.78, 5) is 2.14. The van der Waals surface area contributed by atoms with Gasteiger partial charge in [-0.3, -0.25) is 0 Å². The van der Waals surface area contributed by atoms with Gasteiger partial charge >= 0.3 is 0 Å². The molecule has 0 bridgehead atoms. The van der Waals surface area contributed by atoms with Crippen molar-refractivity contribution in [3.05, 3.63) is 23.6 Å². The third-order valence-electron chi connectivity index (χ3n) is 1.91. The summed E-state index contributed by atoms with van der Waals surface area (Å²) in [7, 11) is 5.86. The minimum absolute atomic E-state index is 0.935. The Kier molecular flexibility index (Phi) is 2.58. The van der Waals surface area contributed by atoms with E-state index in [4.69, 9.17) is 4.74 Å². The molecule has 0 aromatic carbocycles. The fourth-order valence-corrected chi connectivity index (χ4v) is 1.14. The summed E-state index contributed by atoms with van der Waals surface area (Å²) in [5, 5.41) is 0. The molecule has 0 aliphatic heterocycles. The van der Waals surface area contributed by atoms with E-state index in [1.54, 1.807) is 7.11 Å². The van der Waals surface area contributed by atoms with Crippen LogP contribution in [0.3, 0.4) is 0 Å². The van der Waals surface area contributed by atoms with Gasteiger partial charge in [0.1, 0.15) is 0 Å². The lowest BCUT2D eigenvalue weighted by atomic mass is 10.1. The molecule has 11 heavy (non-hydrogen) atoms. The quantitative estimate of drug-likeness (QED) is 0.599. The Hall–Kier alpha value is -0.920. The van der Waals surface area contributed by atoms with Crippen molar-refractivity contribution in [2.24, 2.45) is 0 Å². The molecule has 0 radical (unpaired) electrons. The Labute approximate surface area is 68.1 Å². The molecular formula is C9H15NO. The van der Waals surface area contributed by atoms with Crippen LogP contribution in [0.2, 0.25) is 0 Å². The second kappa shape index (κ2) is 3.46. The van der Waals surface area contributed by atoms with E-state index in [2.05, 4.69) is 31.1 Å². The van der Waals surface area contributed by atoms with Gasteiger partial charge in [0.05, 0.1) is 12.9 Å². The highest BCUT2D eigenvalue weighted by molar-refractivity contribution is 5.16. The van der Waals surface area contributed by atoms with Crippen LogP contribution >= 0.6 is 0 Å². The summed E-state index contributed by atoms with van der Waals surface area (Å²) in [5.74, 6) is 1.08. The van der Waals surface area contributed by atoms with Gasteiger partial charge in [0.15, 0.2) is 0 Å². The lowest BCUT2D eigenvalue weighted by Gasteiger charge is -2.19. The Morgan fingerprint density at radius 3 is 2.36 bits per heavy atom. The highest BCUT2D eigenvalue weighted by Crippen LogP contribution is 2.18. The van der Waals surface area contributed by atoms with Gasteiger partial charge in [0.25, 0.3) is 0 Å². The first-order valence-electron chi connectivity index (χ1n) is 3.83. The molecule has 2 heteroatoms. The maximum atomic E-state index is 5.12. The number of rotatable bonds is 2. The monoisotopic (exact) mass is 153 g/mol. The first-order chi connectivity index (χ1) is 5.24. The van der Waals surface area contributed by atoms with Crippen LogP contribution in [0.4, 0.5) is 0 Å². The number of methoxy groups -OCH3 is 1. The molecular weight excluding hydrogens is 138 g/mol. The zero-order valence-corrected chi connectivity index (χ0v) is 7.42. The maximum Gasteiger partial charge on any atom is 0.0957 e. The van der Waals surface area contributed by atoms with Crippen molar-refractivity contribution in [3.63, 3.8) is 0 Å². The van der Waals surface area contributed by atoms with Crippen molar-refractivity contribution < 1.29 is 4.74 Å². The molecule has 1 aliphatic rings. The van der Waals surface area contributed by atoms with Crippen LogP contribution in [0.1, 0.15) is 12.8 Å². The molecule has 0 N–H and O–H groups in total. The van der Waals surface area contributed by atoms with Crippen molar-refractivity contribution >= 4 is 0 Å². The van der Waals surface area contributed by atoms with Gasteiger partial charge in [-0.2, -0.15) is 0 Å². The fraction of sp³-hybridized carbons (Fsp3) is 0.556. The maximum absolute atomic E-state index is 5.12. The zero-order chi connectivity index (χ0) is 8.27. The van der Waals surface area contributed by atoms with E-state index in [9.17, 15) is 0 Å². The first kappa shape index (κ1) is 8.18. The number of ether oxygens (including phenoxy) is 1. The Bertz CT molecular complexity index is 192. The first-order valence-corrected chi connectivity index (χ1v) is 3.83. The highest BCUT2D eigenvalue weighted by atomic mass is 16.5. The van der Waals surface area contributed by atoms with Crippen molar-refractivity contribution in [1.82, 2.24) is 4.90 Å². The molecule has 0 unspecified atom stereocenters. The van der Waals surface area contributed by atoms with E-state index in [1.165, 1.54) is 5.70 Å². The number of allylic oxidation sites excluding steroid dienone is 2. The van der Waals surface area contributed by atoms with Crippen LogP contribution in [0.25, 0.3) is 0 Å². The lowest BCUT2D eigenvalue weighted by Crippen LogP contribution is -2.12. The number of nitrogens with zero attached hydrogens (tertiary/aromatic N) is 1. The minimum Gasteiger partial charge on any atom is -0.501 e. The molecule has 0 amide bonds. The van der Waals surface area contributed by atoms with Gasteiger partial charge in [0, 0.05) is 32.6 Å². The summed E-state index contributed by atoms with van der Waals surface area (Å²) in [6.07, 6.45) is 6.27. The van der Waals surface area contributed by atoms with E-state index in [1.807, 2.05) is 0 Å². The predicted molar refractivity (Wildman–Crippen MR) is 46.1 cm³/mol. The molecule has 0 fully saturated rings. The van der Waals surface area contributed by atoms with Crippen molar-refractivity contribution in [1.29, 1.82) is 0 Å². The van der Waals surface area contributed by atoms with E-state index in [0.29, 0.717) is 0 Å². The standard InChI is InChI=1S/C9H15NO/c1-10(2)8-4-6-9(11-3)7-5-8/h4,7H,5-6H2,1-3H3. The lowest BCUT2D eigenvalue weighted by molar-refractivity contribution is 0.280. The van der Waals surface area contributed by atoms with Crippen molar-refractivity contribution in [2.45, 2.75) is 12.8 Å². The van der Waals surface area contributed by atoms with E-state index >= 15 is 0 Å². The van der Waals surface area contributed by atoms with Crippen molar-refractivity contribution in [2.75, 3.05) is 21.2 Å².